The summed E-state index contributed by atoms with van der Waals surface area (Å²) in [5.41, 5.74) is 7.52. The third-order valence-electron chi connectivity index (χ3n) is 3.51. The molecule has 0 aromatic carbocycles. The fourth-order valence-electron chi connectivity index (χ4n) is 2.12. The Morgan fingerprint density at radius 3 is 2.53 bits per heavy atom. The molecular weight excluding hydrogens is 216 g/mol. The van der Waals surface area contributed by atoms with E-state index in [-0.39, 0.29) is 11.9 Å². The van der Waals surface area contributed by atoms with Crippen molar-refractivity contribution < 1.29 is 9.21 Å². The lowest BCUT2D eigenvalue weighted by atomic mass is 10.1. The van der Waals surface area contributed by atoms with Crippen molar-refractivity contribution in [2.75, 3.05) is 6.54 Å². The summed E-state index contributed by atoms with van der Waals surface area (Å²) in [5.74, 6) is 2.01. The number of rotatable bonds is 4. The smallest absolute Gasteiger partial charge is 0.255 e. The largest absolute Gasteiger partial charge is 0.466 e. The van der Waals surface area contributed by atoms with Crippen LogP contribution in [0.15, 0.2) is 4.42 Å². The molecule has 1 aliphatic rings. The molecule has 94 valence electrons. The average molecular weight is 236 g/mol. The van der Waals surface area contributed by atoms with Crippen LogP contribution in [-0.4, -0.2) is 18.5 Å². The molecule has 0 aliphatic heterocycles. The van der Waals surface area contributed by atoms with Gasteiger partial charge in [0.05, 0.1) is 5.56 Å². The van der Waals surface area contributed by atoms with Crippen molar-refractivity contribution in [3.05, 3.63) is 22.6 Å². The van der Waals surface area contributed by atoms with Gasteiger partial charge in [0.25, 0.3) is 5.91 Å². The molecule has 3 N–H and O–H groups in total. The highest BCUT2D eigenvalue weighted by Gasteiger charge is 2.29. The van der Waals surface area contributed by atoms with Gasteiger partial charge in [-0.25, -0.2) is 0 Å². The highest BCUT2D eigenvalue weighted by molar-refractivity contribution is 5.96. The predicted molar refractivity (Wildman–Crippen MR) is 66.0 cm³/mol. The number of carbonyl (C=O) groups excluding carboxylic acids is 1. The van der Waals surface area contributed by atoms with Crippen LogP contribution in [0.4, 0.5) is 0 Å². The number of carbonyl (C=O) groups is 1. The number of aryl methyl sites for hydroxylation is 2. The van der Waals surface area contributed by atoms with E-state index in [1.54, 1.807) is 0 Å². The van der Waals surface area contributed by atoms with Crippen LogP contribution in [0.5, 0.6) is 0 Å². The molecule has 0 saturated heterocycles. The zero-order valence-corrected chi connectivity index (χ0v) is 10.7. The number of hydrogen-bond donors (Lipinski definition) is 2. The van der Waals surface area contributed by atoms with Gasteiger partial charge in [-0.05, 0) is 39.5 Å². The van der Waals surface area contributed by atoms with Crippen LogP contribution in [-0.2, 0) is 0 Å². The molecule has 1 saturated carbocycles. The Labute approximate surface area is 102 Å². The van der Waals surface area contributed by atoms with Crippen molar-refractivity contribution in [2.45, 2.75) is 39.7 Å². The van der Waals surface area contributed by atoms with Crippen LogP contribution >= 0.6 is 0 Å². The maximum Gasteiger partial charge on any atom is 0.255 e. The monoisotopic (exact) mass is 236 g/mol. The molecule has 4 heteroatoms. The van der Waals surface area contributed by atoms with Crippen LogP contribution in [0.1, 0.15) is 40.3 Å². The quantitative estimate of drug-likeness (QED) is 0.835. The molecule has 1 aliphatic carbocycles. The Kier molecular flexibility index (Phi) is 3.24. The summed E-state index contributed by atoms with van der Waals surface area (Å²) in [7, 11) is 0. The second-order valence-corrected chi connectivity index (χ2v) is 4.93. The lowest BCUT2D eigenvalue weighted by Crippen LogP contribution is -2.38. The van der Waals surface area contributed by atoms with Crippen molar-refractivity contribution in [2.24, 2.45) is 11.7 Å². The van der Waals surface area contributed by atoms with E-state index in [0.717, 1.165) is 11.3 Å². The molecular formula is C13H20N2O2. The summed E-state index contributed by atoms with van der Waals surface area (Å²) < 4.78 is 5.44. The van der Waals surface area contributed by atoms with Gasteiger partial charge < -0.3 is 15.5 Å². The van der Waals surface area contributed by atoms with E-state index in [0.29, 0.717) is 23.8 Å². The van der Waals surface area contributed by atoms with Crippen molar-refractivity contribution in [3.8, 4) is 0 Å². The molecule has 4 nitrogen and oxygen atoms in total. The number of amides is 1. The van der Waals surface area contributed by atoms with Crippen LogP contribution in [0, 0.1) is 26.7 Å². The predicted octanol–water partition coefficient (Wildman–Crippen LogP) is 1.67. The van der Waals surface area contributed by atoms with Gasteiger partial charge in [-0.3, -0.25) is 4.79 Å². The molecule has 0 bridgehead atoms. The van der Waals surface area contributed by atoms with Crippen molar-refractivity contribution in [1.29, 1.82) is 0 Å². The first kappa shape index (κ1) is 12.2. The van der Waals surface area contributed by atoms with Crippen LogP contribution in [0.2, 0.25) is 0 Å². The average Bonchev–Trinajstić information content (AvgIpc) is 3.06. The topological polar surface area (TPSA) is 68.3 Å². The van der Waals surface area contributed by atoms with Gasteiger partial charge in [0.15, 0.2) is 0 Å². The molecule has 1 aromatic rings. The fourth-order valence-corrected chi connectivity index (χ4v) is 2.12. The molecule has 1 fully saturated rings. The molecule has 17 heavy (non-hydrogen) atoms. The van der Waals surface area contributed by atoms with E-state index in [1.807, 2.05) is 20.8 Å². The van der Waals surface area contributed by atoms with Gasteiger partial charge in [-0.15, -0.1) is 0 Å². The summed E-state index contributed by atoms with van der Waals surface area (Å²) in [6, 6.07) is 0.0903. The molecule has 1 heterocycles. The third kappa shape index (κ3) is 2.52. The zero-order valence-electron chi connectivity index (χ0n) is 10.7. The lowest BCUT2D eigenvalue weighted by Gasteiger charge is -2.11. The van der Waals surface area contributed by atoms with Gasteiger partial charge in [-0.1, -0.05) is 0 Å². The van der Waals surface area contributed by atoms with Crippen molar-refractivity contribution >= 4 is 5.91 Å². The van der Waals surface area contributed by atoms with Gasteiger partial charge in [0, 0.05) is 18.2 Å². The third-order valence-corrected chi connectivity index (χ3v) is 3.51. The maximum absolute atomic E-state index is 12.0. The minimum atomic E-state index is -0.0760. The fraction of sp³-hybridized carbons (Fsp3) is 0.615. The molecule has 1 aromatic heterocycles. The summed E-state index contributed by atoms with van der Waals surface area (Å²) in [4.78, 5) is 12.0. The van der Waals surface area contributed by atoms with Crippen molar-refractivity contribution in [1.82, 2.24) is 5.32 Å². The van der Waals surface area contributed by atoms with E-state index in [2.05, 4.69) is 5.32 Å². The second-order valence-electron chi connectivity index (χ2n) is 4.93. The summed E-state index contributed by atoms with van der Waals surface area (Å²) in [6.45, 7) is 6.14. The minimum Gasteiger partial charge on any atom is -0.466 e. The first-order valence-corrected chi connectivity index (χ1v) is 6.11. The van der Waals surface area contributed by atoms with E-state index < -0.39 is 0 Å². The highest BCUT2D eigenvalue weighted by atomic mass is 16.3. The standard InChI is InChI=1S/C13H20N2O2/c1-7-8(2)17-9(3)12(7)13(16)15-6-11(14)10-4-5-10/h10-11H,4-6,14H2,1-3H3,(H,15,16). The van der Waals surface area contributed by atoms with Gasteiger partial charge in [0.1, 0.15) is 11.5 Å². The van der Waals surface area contributed by atoms with Crippen molar-refractivity contribution in [3.63, 3.8) is 0 Å². The van der Waals surface area contributed by atoms with Gasteiger partial charge >= 0.3 is 0 Å². The van der Waals surface area contributed by atoms with Crippen LogP contribution in [0.3, 0.4) is 0 Å². The number of furan rings is 1. The maximum atomic E-state index is 12.0. The summed E-state index contributed by atoms with van der Waals surface area (Å²) in [6.07, 6.45) is 2.39. The Hall–Kier alpha value is -1.29. The number of nitrogens with two attached hydrogens (primary N) is 1. The number of nitrogens with one attached hydrogen (secondary N) is 1. The summed E-state index contributed by atoms with van der Waals surface area (Å²) in [5, 5.41) is 2.89. The highest BCUT2D eigenvalue weighted by Crippen LogP contribution is 2.31. The summed E-state index contributed by atoms with van der Waals surface area (Å²) >= 11 is 0. The van der Waals surface area contributed by atoms with E-state index >= 15 is 0 Å². The van der Waals surface area contributed by atoms with E-state index in [1.165, 1.54) is 12.8 Å². The minimum absolute atomic E-state index is 0.0760. The van der Waals surface area contributed by atoms with E-state index in [9.17, 15) is 4.79 Å². The SMILES string of the molecule is Cc1oc(C)c(C(=O)NCC(N)C2CC2)c1C. The molecule has 1 atom stereocenters. The van der Waals surface area contributed by atoms with E-state index in [4.69, 9.17) is 10.2 Å². The Bertz CT molecular complexity index is 433. The molecule has 1 unspecified atom stereocenters. The molecule has 0 spiro atoms. The first-order chi connectivity index (χ1) is 8.00. The molecule has 2 rings (SSSR count). The Morgan fingerprint density at radius 2 is 2.06 bits per heavy atom. The normalized spacial score (nSPS) is 16.9. The second kappa shape index (κ2) is 4.53. The van der Waals surface area contributed by atoms with Crippen LogP contribution in [0.25, 0.3) is 0 Å². The van der Waals surface area contributed by atoms with Crippen LogP contribution < -0.4 is 11.1 Å². The Morgan fingerprint density at radius 1 is 1.41 bits per heavy atom. The molecule has 0 radical (unpaired) electrons. The van der Waals surface area contributed by atoms with Gasteiger partial charge in [-0.2, -0.15) is 0 Å². The number of hydrogen-bond acceptors (Lipinski definition) is 3. The zero-order chi connectivity index (χ0) is 12.6. The lowest BCUT2D eigenvalue weighted by molar-refractivity contribution is 0.0948. The first-order valence-electron chi connectivity index (χ1n) is 6.11. The van der Waals surface area contributed by atoms with Gasteiger partial charge in [0.2, 0.25) is 0 Å². The molecule has 1 amide bonds. The Balaban J connectivity index is 1.99.